The van der Waals surface area contributed by atoms with E-state index >= 15 is 0 Å². The second kappa shape index (κ2) is 6.27. The third-order valence-corrected chi connectivity index (χ3v) is 5.46. The maximum absolute atomic E-state index is 12.5. The second-order valence-corrected chi connectivity index (χ2v) is 7.34. The van der Waals surface area contributed by atoms with Gasteiger partial charge >= 0.3 is 0 Å². The lowest BCUT2D eigenvalue weighted by molar-refractivity contribution is 0.580. The number of sulfonamides is 1. The van der Waals surface area contributed by atoms with Crippen LogP contribution in [0.4, 0.5) is 0 Å². The number of nitrogens with two attached hydrogens (primary N) is 1. The minimum Gasteiger partial charge on any atom is -0.326 e. The highest BCUT2D eigenvalue weighted by molar-refractivity contribution is 9.10. The Labute approximate surface area is 132 Å². The van der Waals surface area contributed by atoms with Crippen molar-refractivity contribution in [3.63, 3.8) is 0 Å². The van der Waals surface area contributed by atoms with E-state index < -0.39 is 10.0 Å². The van der Waals surface area contributed by atoms with Gasteiger partial charge < -0.3 is 5.73 Å². The fourth-order valence-corrected chi connectivity index (χ4v) is 3.89. The molecule has 2 aromatic rings. The van der Waals surface area contributed by atoms with E-state index in [1.165, 1.54) is 0 Å². The predicted molar refractivity (Wildman–Crippen MR) is 84.0 cm³/mol. The zero-order valence-electron chi connectivity index (χ0n) is 11.8. The zero-order chi connectivity index (χ0) is 15.6. The molecule has 1 heterocycles. The van der Waals surface area contributed by atoms with Crippen molar-refractivity contribution in [2.24, 2.45) is 12.8 Å². The molecule has 0 saturated carbocycles. The van der Waals surface area contributed by atoms with Crippen molar-refractivity contribution in [3.05, 3.63) is 45.7 Å². The monoisotopic (exact) mass is 372 g/mol. The first-order valence-electron chi connectivity index (χ1n) is 6.30. The molecule has 0 saturated heterocycles. The Kier molecular flexibility index (Phi) is 4.82. The van der Waals surface area contributed by atoms with Crippen LogP contribution in [0.3, 0.4) is 0 Å². The van der Waals surface area contributed by atoms with Crippen LogP contribution < -0.4 is 10.5 Å². The molecule has 1 aromatic heterocycles. The van der Waals surface area contributed by atoms with Crippen LogP contribution in [-0.2, 0) is 30.2 Å². The first kappa shape index (κ1) is 16.2. The van der Waals surface area contributed by atoms with Crippen molar-refractivity contribution < 1.29 is 8.42 Å². The standard InChI is InChI=1S/C13H17BrN4O2S/c1-9-12(14)3-10(5-15)4-13(9)21(19,20)17-7-11-6-16-18(2)8-11/h3-4,6,8,17H,5,7,15H2,1-2H3. The Morgan fingerprint density at radius 2 is 2.10 bits per heavy atom. The lowest BCUT2D eigenvalue weighted by atomic mass is 10.1. The molecule has 1 aromatic carbocycles. The van der Waals surface area contributed by atoms with Gasteiger partial charge in [0.15, 0.2) is 0 Å². The molecule has 114 valence electrons. The second-order valence-electron chi connectivity index (χ2n) is 4.75. The van der Waals surface area contributed by atoms with Gasteiger partial charge in [-0.2, -0.15) is 5.10 Å². The van der Waals surface area contributed by atoms with E-state index in [1.807, 2.05) is 6.07 Å². The van der Waals surface area contributed by atoms with E-state index in [9.17, 15) is 8.42 Å². The third kappa shape index (κ3) is 3.70. The highest BCUT2D eigenvalue weighted by Gasteiger charge is 2.19. The van der Waals surface area contributed by atoms with Gasteiger partial charge in [0, 0.05) is 36.4 Å². The molecule has 0 radical (unpaired) electrons. The van der Waals surface area contributed by atoms with Crippen molar-refractivity contribution in [3.8, 4) is 0 Å². The van der Waals surface area contributed by atoms with Crippen LogP contribution in [0.1, 0.15) is 16.7 Å². The normalized spacial score (nSPS) is 11.8. The quantitative estimate of drug-likeness (QED) is 0.830. The fourth-order valence-electron chi connectivity index (χ4n) is 1.92. The summed E-state index contributed by atoms with van der Waals surface area (Å²) in [4.78, 5) is 0.237. The van der Waals surface area contributed by atoms with E-state index in [0.717, 1.165) is 15.6 Å². The maximum Gasteiger partial charge on any atom is 0.241 e. The molecule has 0 unspecified atom stereocenters. The number of benzene rings is 1. The Hall–Kier alpha value is -1.22. The smallest absolute Gasteiger partial charge is 0.241 e. The lowest BCUT2D eigenvalue weighted by Gasteiger charge is -2.12. The van der Waals surface area contributed by atoms with Crippen LogP contribution in [0, 0.1) is 6.92 Å². The van der Waals surface area contributed by atoms with Gasteiger partial charge in [0.05, 0.1) is 11.1 Å². The number of halogens is 1. The summed E-state index contributed by atoms with van der Waals surface area (Å²) in [7, 11) is -1.83. The SMILES string of the molecule is Cc1c(Br)cc(CN)cc1S(=O)(=O)NCc1cnn(C)c1. The van der Waals surface area contributed by atoms with Crippen LogP contribution >= 0.6 is 15.9 Å². The Bertz CT molecular complexity index is 756. The zero-order valence-corrected chi connectivity index (χ0v) is 14.2. The van der Waals surface area contributed by atoms with Gasteiger partial charge in [-0.15, -0.1) is 0 Å². The number of aromatic nitrogens is 2. The molecular weight excluding hydrogens is 356 g/mol. The molecule has 0 bridgehead atoms. The number of nitrogens with one attached hydrogen (secondary N) is 1. The molecule has 0 fully saturated rings. The van der Waals surface area contributed by atoms with Gasteiger partial charge in [0.2, 0.25) is 10.0 Å². The molecule has 8 heteroatoms. The lowest BCUT2D eigenvalue weighted by Crippen LogP contribution is -2.24. The van der Waals surface area contributed by atoms with Crippen molar-refractivity contribution in [2.75, 3.05) is 0 Å². The molecule has 0 amide bonds. The molecule has 3 N–H and O–H groups in total. The van der Waals surface area contributed by atoms with Crippen LogP contribution in [-0.4, -0.2) is 18.2 Å². The fraction of sp³-hybridized carbons (Fsp3) is 0.308. The molecule has 6 nitrogen and oxygen atoms in total. The Balaban J connectivity index is 2.29. The van der Waals surface area contributed by atoms with Crippen molar-refractivity contribution >= 4 is 26.0 Å². The predicted octanol–water partition coefficient (Wildman–Crippen LogP) is 1.43. The van der Waals surface area contributed by atoms with E-state index in [0.29, 0.717) is 5.56 Å². The van der Waals surface area contributed by atoms with Gasteiger partial charge in [0.1, 0.15) is 0 Å². The van der Waals surface area contributed by atoms with E-state index in [-0.39, 0.29) is 18.0 Å². The average Bonchev–Trinajstić information content (AvgIpc) is 2.85. The van der Waals surface area contributed by atoms with Gasteiger partial charge in [-0.25, -0.2) is 13.1 Å². The van der Waals surface area contributed by atoms with Crippen molar-refractivity contribution in [2.45, 2.75) is 24.9 Å². The highest BCUT2D eigenvalue weighted by Crippen LogP contribution is 2.25. The van der Waals surface area contributed by atoms with Crippen molar-refractivity contribution in [1.29, 1.82) is 0 Å². The molecule has 0 aliphatic carbocycles. The molecule has 2 rings (SSSR count). The minimum atomic E-state index is -3.61. The summed E-state index contributed by atoms with van der Waals surface area (Å²) < 4.78 is 29.8. The van der Waals surface area contributed by atoms with Gasteiger partial charge in [-0.3, -0.25) is 4.68 Å². The van der Waals surface area contributed by atoms with E-state index in [1.54, 1.807) is 37.1 Å². The highest BCUT2D eigenvalue weighted by atomic mass is 79.9. The molecule has 0 aliphatic rings. The summed E-state index contributed by atoms with van der Waals surface area (Å²) in [5.41, 5.74) is 7.82. The summed E-state index contributed by atoms with van der Waals surface area (Å²) in [6.07, 6.45) is 3.39. The topological polar surface area (TPSA) is 90.0 Å². The summed E-state index contributed by atoms with van der Waals surface area (Å²) >= 11 is 3.37. The number of nitrogens with zero attached hydrogens (tertiary/aromatic N) is 2. The van der Waals surface area contributed by atoms with Crippen LogP contribution in [0.2, 0.25) is 0 Å². The Morgan fingerprint density at radius 3 is 2.67 bits per heavy atom. The molecule has 0 atom stereocenters. The maximum atomic E-state index is 12.5. The summed E-state index contributed by atoms with van der Waals surface area (Å²) in [6, 6.07) is 3.43. The number of hydrogen-bond acceptors (Lipinski definition) is 4. The number of aryl methyl sites for hydroxylation is 1. The van der Waals surface area contributed by atoms with Gasteiger partial charge in [0.25, 0.3) is 0 Å². The van der Waals surface area contributed by atoms with E-state index in [4.69, 9.17) is 5.73 Å². The average molecular weight is 373 g/mol. The van der Waals surface area contributed by atoms with Crippen LogP contribution in [0.25, 0.3) is 0 Å². The summed E-state index contributed by atoms with van der Waals surface area (Å²) in [5.74, 6) is 0. The first-order valence-corrected chi connectivity index (χ1v) is 8.57. The molecule has 21 heavy (non-hydrogen) atoms. The first-order chi connectivity index (χ1) is 9.83. The largest absolute Gasteiger partial charge is 0.326 e. The van der Waals surface area contributed by atoms with Gasteiger partial charge in [-0.05, 0) is 30.2 Å². The molecular formula is C13H17BrN4O2S. The number of rotatable bonds is 5. The van der Waals surface area contributed by atoms with E-state index in [2.05, 4.69) is 25.8 Å². The molecule has 0 aliphatic heterocycles. The summed E-state index contributed by atoms with van der Waals surface area (Å²) in [5, 5.41) is 4.01. The van der Waals surface area contributed by atoms with Crippen LogP contribution in [0.15, 0.2) is 33.9 Å². The summed E-state index contributed by atoms with van der Waals surface area (Å²) in [6.45, 7) is 2.23. The van der Waals surface area contributed by atoms with Crippen molar-refractivity contribution in [1.82, 2.24) is 14.5 Å². The third-order valence-electron chi connectivity index (χ3n) is 3.11. The molecule has 0 spiro atoms. The van der Waals surface area contributed by atoms with Crippen LogP contribution in [0.5, 0.6) is 0 Å². The Morgan fingerprint density at radius 1 is 1.38 bits per heavy atom. The minimum absolute atomic E-state index is 0.195. The number of hydrogen-bond donors (Lipinski definition) is 2. The van der Waals surface area contributed by atoms with Gasteiger partial charge in [-0.1, -0.05) is 15.9 Å².